The Morgan fingerprint density at radius 3 is 2.07 bits per heavy atom. The highest BCUT2D eigenvalue weighted by atomic mass is 16.6. The Morgan fingerprint density at radius 2 is 1.60 bits per heavy atom. The van der Waals surface area contributed by atoms with Gasteiger partial charge < -0.3 is 35.5 Å². The van der Waals surface area contributed by atoms with Crippen molar-refractivity contribution < 1.29 is 40.3 Å². The number of aliphatic hydroxyl groups is 5. The topological polar surface area (TPSA) is 160 Å². The van der Waals surface area contributed by atoms with Crippen molar-refractivity contribution in [3.63, 3.8) is 0 Å². The summed E-state index contributed by atoms with van der Waals surface area (Å²) in [6.07, 6.45) is -5.02. The first kappa shape index (κ1) is 26.8. The van der Waals surface area contributed by atoms with Gasteiger partial charge in [0.15, 0.2) is 0 Å². The molecule has 1 heterocycles. The molecule has 6 N–H and O–H groups in total. The zero-order valence-corrected chi connectivity index (χ0v) is 19.0. The van der Waals surface area contributed by atoms with Crippen LogP contribution in [-0.4, -0.2) is 78.0 Å². The van der Waals surface area contributed by atoms with Gasteiger partial charge in [-0.3, -0.25) is 4.79 Å². The van der Waals surface area contributed by atoms with Crippen molar-refractivity contribution in [1.82, 2.24) is 0 Å². The van der Waals surface area contributed by atoms with Crippen molar-refractivity contribution in [1.29, 1.82) is 0 Å². The summed E-state index contributed by atoms with van der Waals surface area (Å²) in [5.41, 5.74) is -3.43. The molecule has 0 aliphatic carbocycles. The molecule has 1 rings (SSSR count). The Hall–Kier alpha value is -1.26. The van der Waals surface area contributed by atoms with Gasteiger partial charge in [0.2, 0.25) is 0 Å². The third-order valence-electron chi connectivity index (χ3n) is 6.96. The molecule has 0 aromatic carbocycles. The molecule has 1 aliphatic rings. The fourth-order valence-electron chi connectivity index (χ4n) is 4.22. The maximum absolute atomic E-state index is 12.6. The number of cyclic esters (lactones) is 1. The molecule has 1 aliphatic heterocycles. The van der Waals surface area contributed by atoms with E-state index in [1.54, 1.807) is 20.8 Å². The first-order valence-electron chi connectivity index (χ1n) is 10.5. The van der Waals surface area contributed by atoms with Gasteiger partial charge in [0.05, 0.1) is 35.5 Å². The summed E-state index contributed by atoms with van der Waals surface area (Å²) in [5, 5.41) is 67.0. The molecule has 1 saturated heterocycles. The summed E-state index contributed by atoms with van der Waals surface area (Å²) in [6.45, 7) is 10.6. The zero-order chi connectivity index (χ0) is 23.6. The number of oxime groups is 1. The van der Waals surface area contributed by atoms with Crippen LogP contribution in [0.2, 0.25) is 0 Å². The highest BCUT2D eigenvalue weighted by Gasteiger charge is 2.48. The van der Waals surface area contributed by atoms with Crippen molar-refractivity contribution in [2.75, 3.05) is 0 Å². The SMILES string of the molecule is CC[C@@H]1OC(=O)[C@@H](C)[C@@H](O)[C@@H](C)[C@@H](O)C[C@](C)(O)[C@@H](C)/C(=N\O)[C@@H](C)[C@@H](O)[C@]1(C)O. The molecule has 176 valence electrons. The number of esters is 1. The lowest BCUT2D eigenvalue weighted by atomic mass is 9.72. The predicted octanol–water partition coefficient (Wildman–Crippen LogP) is 0.671. The van der Waals surface area contributed by atoms with E-state index in [1.807, 2.05) is 0 Å². The Balaban J connectivity index is 3.52. The lowest BCUT2D eigenvalue weighted by molar-refractivity contribution is -0.190. The normalized spacial score (nSPS) is 48.8. The first-order valence-corrected chi connectivity index (χ1v) is 10.5. The van der Waals surface area contributed by atoms with Crippen LogP contribution in [0.5, 0.6) is 0 Å². The second kappa shape index (κ2) is 9.91. The molecule has 0 spiro atoms. The molecule has 0 aromatic heterocycles. The van der Waals surface area contributed by atoms with Crippen LogP contribution in [0.3, 0.4) is 0 Å². The van der Waals surface area contributed by atoms with E-state index in [1.165, 1.54) is 27.7 Å². The van der Waals surface area contributed by atoms with E-state index in [-0.39, 0.29) is 18.6 Å². The molecule has 0 amide bonds. The zero-order valence-electron chi connectivity index (χ0n) is 19.0. The minimum absolute atomic E-state index is 0.0276. The highest BCUT2D eigenvalue weighted by Crippen LogP contribution is 2.35. The summed E-state index contributed by atoms with van der Waals surface area (Å²) in [4.78, 5) is 12.6. The van der Waals surface area contributed by atoms with Crippen LogP contribution >= 0.6 is 0 Å². The van der Waals surface area contributed by atoms with Crippen molar-refractivity contribution in [3.8, 4) is 0 Å². The van der Waals surface area contributed by atoms with Crippen LogP contribution in [0.4, 0.5) is 0 Å². The second-order valence-corrected chi connectivity index (χ2v) is 9.31. The van der Waals surface area contributed by atoms with Gasteiger partial charge in [0, 0.05) is 24.2 Å². The molecule has 0 radical (unpaired) electrons. The Kier molecular flexibility index (Phi) is 8.84. The third kappa shape index (κ3) is 5.31. The maximum atomic E-state index is 12.6. The van der Waals surface area contributed by atoms with Crippen molar-refractivity contribution >= 4 is 11.7 Å². The summed E-state index contributed by atoms with van der Waals surface area (Å²) >= 11 is 0. The van der Waals surface area contributed by atoms with E-state index in [0.29, 0.717) is 0 Å². The smallest absolute Gasteiger partial charge is 0.311 e. The maximum Gasteiger partial charge on any atom is 0.311 e. The number of hydrogen-bond donors (Lipinski definition) is 6. The van der Waals surface area contributed by atoms with Crippen LogP contribution < -0.4 is 0 Å². The highest BCUT2D eigenvalue weighted by molar-refractivity contribution is 5.89. The van der Waals surface area contributed by atoms with Gasteiger partial charge in [0.1, 0.15) is 11.7 Å². The van der Waals surface area contributed by atoms with E-state index >= 15 is 0 Å². The van der Waals surface area contributed by atoms with E-state index < -0.39 is 65.3 Å². The quantitative estimate of drug-likeness (QED) is 0.200. The molecule has 1 fully saturated rings. The predicted molar refractivity (Wildman–Crippen MR) is 110 cm³/mol. The summed E-state index contributed by atoms with van der Waals surface area (Å²) in [5.74, 6) is -4.26. The lowest BCUT2D eigenvalue weighted by Crippen LogP contribution is -2.57. The number of ether oxygens (including phenoxy) is 1. The van der Waals surface area contributed by atoms with Gasteiger partial charge in [-0.05, 0) is 27.2 Å². The number of carbonyl (C=O) groups is 1. The average molecular weight is 434 g/mol. The molecule has 0 unspecified atom stereocenters. The molecule has 9 nitrogen and oxygen atoms in total. The summed E-state index contributed by atoms with van der Waals surface area (Å²) < 4.78 is 5.44. The minimum Gasteiger partial charge on any atom is -0.459 e. The van der Waals surface area contributed by atoms with Gasteiger partial charge in [0.25, 0.3) is 0 Å². The Labute approximate surface area is 178 Å². The Morgan fingerprint density at radius 1 is 1.07 bits per heavy atom. The lowest BCUT2D eigenvalue weighted by Gasteiger charge is -2.42. The summed E-state index contributed by atoms with van der Waals surface area (Å²) in [7, 11) is 0. The number of hydrogen-bond acceptors (Lipinski definition) is 9. The standard InChI is InChI=1S/C21H39NO8/c1-8-15-21(7,28)18(25)11(3)16(22-29)13(5)20(6,27)9-14(23)10(2)17(24)12(4)19(26)30-15/h10-15,17-18,23-25,27-29H,8-9H2,1-7H3/b22-16-/t10-,11+,12-,13-,14-,15-,17-,18+,20-,21+/m0/s1. The fourth-order valence-corrected chi connectivity index (χ4v) is 4.22. The monoisotopic (exact) mass is 433 g/mol. The van der Waals surface area contributed by atoms with Crippen molar-refractivity contribution in [2.45, 2.75) is 96.9 Å². The third-order valence-corrected chi connectivity index (χ3v) is 6.96. The van der Waals surface area contributed by atoms with Crippen LogP contribution in [0.15, 0.2) is 5.16 Å². The van der Waals surface area contributed by atoms with E-state index in [0.717, 1.165) is 0 Å². The molecule has 9 heteroatoms. The average Bonchev–Trinajstić information content (AvgIpc) is 2.68. The van der Waals surface area contributed by atoms with Crippen LogP contribution in [0, 0.1) is 23.7 Å². The van der Waals surface area contributed by atoms with Crippen LogP contribution in [0.1, 0.15) is 61.3 Å². The van der Waals surface area contributed by atoms with Gasteiger partial charge >= 0.3 is 5.97 Å². The second-order valence-electron chi connectivity index (χ2n) is 9.31. The first-order chi connectivity index (χ1) is 13.6. The molecule has 0 bridgehead atoms. The number of rotatable bonds is 1. The molecule has 0 aromatic rings. The van der Waals surface area contributed by atoms with Crippen LogP contribution in [-0.2, 0) is 9.53 Å². The van der Waals surface area contributed by atoms with Crippen molar-refractivity contribution in [3.05, 3.63) is 0 Å². The molecular formula is C21H39NO8. The van der Waals surface area contributed by atoms with Crippen molar-refractivity contribution in [2.24, 2.45) is 28.8 Å². The van der Waals surface area contributed by atoms with E-state index in [4.69, 9.17) is 4.74 Å². The number of nitrogens with zero attached hydrogens (tertiary/aromatic N) is 1. The molecule has 30 heavy (non-hydrogen) atoms. The molecular weight excluding hydrogens is 394 g/mol. The van der Waals surface area contributed by atoms with Gasteiger partial charge in [-0.15, -0.1) is 0 Å². The number of aliphatic hydroxyl groups excluding tert-OH is 3. The van der Waals surface area contributed by atoms with Gasteiger partial charge in [-0.2, -0.15) is 0 Å². The molecule has 10 atom stereocenters. The molecule has 0 saturated carbocycles. The Bertz CT molecular complexity index is 620. The van der Waals surface area contributed by atoms with Gasteiger partial charge in [-0.1, -0.05) is 32.9 Å². The van der Waals surface area contributed by atoms with E-state index in [2.05, 4.69) is 5.16 Å². The van der Waals surface area contributed by atoms with Gasteiger partial charge in [-0.25, -0.2) is 0 Å². The van der Waals surface area contributed by atoms with E-state index in [9.17, 15) is 35.5 Å². The van der Waals surface area contributed by atoms with Crippen LogP contribution in [0.25, 0.3) is 0 Å². The fraction of sp³-hybridized carbons (Fsp3) is 0.905. The largest absolute Gasteiger partial charge is 0.459 e. The minimum atomic E-state index is -1.90. The number of carbonyl (C=O) groups excluding carboxylic acids is 1. The summed E-state index contributed by atoms with van der Waals surface area (Å²) in [6, 6.07) is 0.